The number of aromatic nitrogens is 4. The lowest BCUT2D eigenvalue weighted by Crippen LogP contribution is -2.11. The molecule has 2 heterocycles. The van der Waals surface area contributed by atoms with Crippen LogP contribution in [-0.2, 0) is 12.7 Å². The Balaban J connectivity index is 1.59. The van der Waals surface area contributed by atoms with Gasteiger partial charge in [-0.2, -0.15) is 23.1 Å². The number of nitrogen functional groups attached to an aromatic ring is 1. The van der Waals surface area contributed by atoms with Crippen molar-refractivity contribution in [2.24, 2.45) is 5.92 Å². The molecule has 6 nitrogen and oxygen atoms in total. The molecule has 0 radical (unpaired) electrons. The van der Waals surface area contributed by atoms with E-state index < -0.39 is 11.7 Å². The molecule has 1 fully saturated rings. The van der Waals surface area contributed by atoms with E-state index in [2.05, 4.69) is 15.0 Å². The van der Waals surface area contributed by atoms with Crippen LogP contribution in [0.25, 0.3) is 11.2 Å². The number of fused-ring (bicyclic) bond motifs is 1. The molecular formula is C19H20F3N5O. The second-order valence-electron chi connectivity index (χ2n) is 7.10. The second-order valence-corrected chi connectivity index (χ2v) is 7.10. The number of nitrogens with zero attached hydrogens (tertiary/aromatic N) is 4. The average Bonchev–Trinajstić information content (AvgIpc) is 3.30. The molecule has 2 aromatic heterocycles. The first-order valence-electron chi connectivity index (χ1n) is 9.17. The molecular weight excluding hydrogens is 371 g/mol. The minimum Gasteiger partial charge on any atom is -0.463 e. The van der Waals surface area contributed by atoms with Crippen molar-refractivity contribution in [3.05, 3.63) is 41.7 Å². The molecule has 1 aliphatic rings. The molecule has 0 atom stereocenters. The van der Waals surface area contributed by atoms with Gasteiger partial charge in [0.1, 0.15) is 0 Å². The maximum Gasteiger partial charge on any atom is 0.416 e. The van der Waals surface area contributed by atoms with Crippen LogP contribution in [0.3, 0.4) is 0 Å². The zero-order valence-electron chi connectivity index (χ0n) is 15.1. The monoisotopic (exact) mass is 391 g/mol. The Labute approximate surface area is 159 Å². The Hall–Kier alpha value is -2.84. The van der Waals surface area contributed by atoms with Crippen molar-refractivity contribution in [1.82, 2.24) is 19.5 Å². The van der Waals surface area contributed by atoms with Crippen LogP contribution < -0.4 is 10.5 Å². The van der Waals surface area contributed by atoms with Crippen molar-refractivity contribution in [3.63, 3.8) is 0 Å². The number of halogens is 3. The molecule has 3 aromatic rings. The fourth-order valence-corrected chi connectivity index (χ4v) is 3.54. The highest BCUT2D eigenvalue weighted by Gasteiger charge is 2.30. The molecule has 0 bridgehead atoms. The first-order valence-corrected chi connectivity index (χ1v) is 9.17. The molecule has 4 rings (SSSR count). The normalized spacial score (nSPS) is 15.4. The van der Waals surface area contributed by atoms with Crippen LogP contribution in [0.4, 0.5) is 19.0 Å². The summed E-state index contributed by atoms with van der Waals surface area (Å²) in [4.78, 5) is 12.7. The molecule has 148 valence electrons. The van der Waals surface area contributed by atoms with Gasteiger partial charge >= 0.3 is 12.2 Å². The summed E-state index contributed by atoms with van der Waals surface area (Å²) in [6.07, 6.45) is 1.79. The highest BCUT2D eigenvalue weighted by molar-refractivity contribution is 5.81. The summed E-state index contributed by atoms with van der Waals surface area (Å²) in [5.41, 5.74) is 6.61. The van der Waals surface area contributed by atoms with Crippen LogP contribution in [0, 0.1) is 5.92 Å². The number of rotatable bonds is 5. The SMILES string of the molecule is Nc1nc(OCC2CCCC2)nc2c1ncn2Cc1cccc(C(F)(F)F)c1. The van der Waals surface area contributed by atoms with Gasteiger partial charge in [0, 0.05) is 0 Å². The predicted octanol–water partition coefficient (Wildman–Crippen LogP) is 4.04. The summed E-state index contributed by atoms with van der Waals surface area (Å²) in [6, 6.07) is 5.35. The topological polar surface area (TPSA) is 78.8 Å². The van der Waals surface area contributed by atoms with Crippen LogP contribution in [0.1, 0.15) is 36.8 Å². The van der Waals surface area contributed by atoms with E-state index in [1.165, 1.54) is 25.2 Å². The third-order valence-electron chi connectivity index (χ3n) is 5.00. The minimum atomic E-state index is -4.39. The van der Waals surface area contributed by atoms with Gasteiger partial charge in [0.05, 0.1) is 25.0 Å². The highest BCUT2D eigenvalue weighted by atomic mass is 19.4. The zero-order valence-corrected chi connectivity index (χ0v) is 15.1. The first-order chi connectivity index (χ1) is 13.4. The van der Waals surface area contributed by atoms with Crippen molar-refractivity contribution < 1.29 is 17.9 Å². The van der Waals surface area contributed by atoms with E-state index in [4.69, 9.17) is 10.5 Å². The Bertz CT molecular complexity index is 979. The summed E-state index contributed by atoms with van der Waals surface area (Å²) in [6.45, 7) is 0.714. The Morgan fingerprint density at radius 3 is 2.71 bits per heavy atom. The Kier molecular flexibility index (Phi) is 4.82. The van der Waals surface area contributed by atoms with E-state index in [-0.39, 0.29) is 18.4 Å². The molecule has 0 saturated heterocycles. The van der Waals surface area contributed by atoms with E-state index >= 15 is 0 Å². The van der Waals surface area contributed by atoms with Gasteiger partial charge in [-0.25, -0.2) is 4.98 Å². The number of hydrogen-bond donors (Lipinski definition) is 1. The van der Waals surface area contributed by atoms with Gasteiger partial charge in [-0.3, -0.25) is 0 Å². The summed E-state index contributed by atoms with van der Waals surface area (Å²) in [5.74, 6) is 0.685. The molecule has 28 heavy (non-hydrogen) atoms. The third kappa shape index (κ3) is 3.88. The van der Waals surface area contributed by atoms with E-state index in [1.807, 2.05) is 0 Å². The van der Waals surface area contributed by atoms with Crippen LogP contribution in [0.5, 0.6) is 6.01 Å². The zero-order chi connectivity index (χ0) is 19.7. The largest absolute Gasteiger partial charge is 0.463 e. The van der Waals surface area contributed by atoms with Crippen LogP contribution in [0.2, 0.25) is 0 Å². The fraction of sp³-hybridized carbons (Fsp3) is 0.421. The van der Waals surface area contributed by atoms with Gasteiger partial charge in [0.2, 0.25) is 0 Å². The fourth-order valence-electron chi connectivity index (χ4n) is 3.54. The molecule has 1 aromatic carbocycles. The molecule has 0 aliphatic heterocycles. The number of nitrogens with two attached hydrogens (primary N) is 1. The van der Waals surface area contributed by atoms with E-state index in [0.717, 1.165) is 25.0 Å². The number of imidazole rings is 1. The van der Waals surface area contributed by atoms with Gasteiger partial charge in [-0.1, -0.05) is 25.0 Å². The molecule has 0 spiro atoms. The van der Waals surface area contributed by atoms with Gasteiger partial charge in [0.15, 0.2) is 17.0 Å². The summed E-state index contributed by atoms with van der Waals surface area (Å²) < 4.78 is 46.2. The second kappa shape index (κ2) is 7.29. The van der Waals surface area contributed by atoms with Crippen LogP contribution in [-0.4, -0.2) is 26.1 Å². The maximum absolute atomic E-state index is 12.9. The Morgan fingerprint density at radius 2 is 1.96 bits per heavy atom. The van der Waals surface area contributed by atoms with Crippen molar-refractivity contribution >= 4 is 17.0 Å². The summed E-state index contributed by atoms with van der Waals surface area (Å²) in [7, 11) is 0. The maximum atomic E-state index is 12.9. The molecule has 1 saturated carbocycles. The summed E-state index contributed by atoms with van der Waals surface area (Å²) >= 11 is 0. The number of benzene rings is 1. The average molecular weight is 391 g/mol. The van der Waals surface area contributed by atoms with E-state index in [0.29, 0.717) is 29.3 Å². The third-order valence-corrected chi connectivity index (χ3v) is 5.00. The quantitative estimate of drug-likeness (QED) is 0.710. The lowest BCUT2D eigenvalue weighted by Gasteiger charge is -2.11. The number of hydrogen-bond acceptors (Lipinski definition) is 5. The van der Waals surface area contributed by atoms with E-state index in [9.17, 15) is 13.2 Å². The van der Waals surface area contributed by atoms with Crippen molar-refractivity contribution in [2.45, 2.75) is 38.4 Å². The molecule has 0 unspecified atom stereocenters. The van der Waals surface area contributed by atoms with Crippen molar-refractivity contribution in [2.75, 3.05) is 12.3 Å². The van der Waals surface area contributed by atoms with Gasteiger partial charge < -0.3 is 15.0 Å². The highest BCUT2D eigenvalue weighted by Crippen LogP contribution is 2.30. The minimum absolute atomic E-state index is 0.169. The van der Waals surface area contributed by atoms with E-state index in [1.54, 1.807) is 10.6 Å². The van der Waals surface area contributed by atoms with Crippen molar-refractivity contribution in [1.29, 1.82) is 0 Å². The van der Waals surface area contributed by atoms with Crippen LogP contribution >= 0.6 is 0 Å². The lowest BCUT2D eigenvalue weighted by molar-refractivity contribution is -0.137. The Morgan fingerprint density at radius 1 is 1.18 bits per heavy atom. The van der Waals surface area contributed by atoms with Gasteiger partial charge in [0.25, 0.3) is 0 Å². The van der Waals surface area contributed by atoms with Gasteiger partial charge in [-0.15, -0.1) is 0 Å². The molecule has 9 heteroatoms. The lowest BCUT2D eigenvalue weighted by atomic mass is 10.1. The smallest absolute Gasteiger partial charge is 0.416 e. The van der Waals surface area contributed by atoms with Crippen molar-refractivity contribution in [3.8, 4) is 6.01 Å². The van der Waals surface area contributed by atoms with Crippen LogP contribution in [0.15, 0.2) is 30.6 Å². The predicted molar refractivity (Wildman–Crippen MR) is 97.7 cm³/mol. The molecule has 2 N–H and O–H groups in total. The molecule has 1 aliphatic carbocycles. The number of ether oxygens (including phenoxy) is 1. The number of alkyl halides is 3. The number of anilines is 1. The standard InChI is InChI=1S/C19H20F3N5O/c20-19(21,22)14-7-3-6-13(8-14)9-27-11-24-15-16(23)25-18(26-17(15)27)28-10-12-4-1-2-5-12/h3,6-8,11-12H,1-2,4-5,9-10H2,(H2,23,25,26). The van der Waals surface area contributed by atoms with Gasteiger partial charge in [-0.05, 0) is 36.5 Å². The first kappa shape index (κ1) is 18.5. The molecule has 0 amide bonds. The summed E-state index contributed by atoms with van der Waals surface area (Å²) in [5, 5.41) is 0.